The van der Waals surface area contributed by atoms with Crippen LogP contribution in [-0.2, 0) is 4.74 Å². The Morgan fingerprint density at radius 3 is 2.71 bits per heavy atom. The SMILES string of the molecule is CCN(CC1(CO)CCOC1)c1cccc2ccccc12. The van der Waals surface area contributed by atoms with Gasteiger partial charge in [-0.05, 0) is 24.8 Å². The Balaban J connectivity index is 1.95. The zero-order chi connectivity index (χ0) is 14.7. The Bertz CT molecular complexity index is 600. The van der Waals surface area contributed by atoms with E-state index in [4.69, 9.17) is 4.74 Å². The van der Waals surface area contributed by atoms with Gasteiger partial charge in [-0.1, -0.05) is 36.4 Å². The zero-order valence-corrected chi connectivity index (χ0v) is 12.6. The maximum Gasteiger partial charge on any atom is 0.0562 e. The van der Waals surface area contributed by atoms with E-state index in [-0.39, 0.29) is 12.0 Å². The van der Waals surface area contributed by atoms with Gasteiger partial charge in [0, 0.05) is 36.2 Å². The highest BCUT2D eigenvalue weighted by molar-refractivity contribution is 5.94. The molecular formula is C18H23NO2. The van der Waals surface area contributed by atoms with Crippen molar-refractivity contribution >= 4 is 16.5 Å². The maximum absolute atomic E-state index is 9.81. The lowest BCUT2D eigenvalue weighted by atomic mass is 9.87. The Hall–Kier alpha value is -1.58. The van der Waals surface area contributed by atoms with Gasteiger partial charge in [-0.3, -0.25) is 0 Å². The first-order valence-corrected chi connectivity index (χ1v) is 7.69. The van der Waals surface area contributed by atoms with Gasteiger partial charge in [-0.15, -0.1) is 0 Å². The molecule has 0 amide bonds. The van der Waals surface area contributed by atoms with Crippen molar-refractivity contribution in [2.45, 2.75) is 13.3 Å². The van der Waals surface area contributed by atoms with E-state index < -0.39 is 0 Å². The van der Waals surface area contributed by atoms with Crippen LogP contribution in [-0.4, -0.2) is 38.0 Å². The maximum atomic E-state index is 9.81. The molecule has 3 heteroatoms. The van der Waals surface area contributed by atoms with Crippen molar-refractivity contribution < 1.29 is 9.84 Å². The monoisotopic (exact) mass is 285 g/mol. The van der Waals surface area contributed by atoms with E-state index in [1.807, 2.05) is 0 Å². The summed E-state index contributed by atoms with van der Waals surface area (Å²) >= 11 is 0. The second-order valence-electron chi connectivity index (χ2n) is 5.97. The lowest BCUT2D eigenvalue weighted by molar-refractivity contribution is 0.0980. The molecule has 0 saturated carbocycles. The quantitative estimate of drug-likeness (QED) is 0.916. The van der Waals surface area contributed by atoms with Gasteiger partial charge in [-0.2, -0.15) is 0 Å². The van der Waals surface area contributed by atoms with Crippen molar-refractivity contribution in [3.05, 3.63) is 42.5 Å². The van der Waals surface area contributed by atoms with Crippen molar-refractivity contribution in [3.8, 4) is 0 Å². The summed E-state index contributed by atoms with van der Waals surface area (Å²) in [6, 6.07) is 14.9. The van der Waals surface area contributed by atoms with Crippen LogP contribution in [0.3, 0.4) is 0 Å². The first kappa shape index (κ1) is 14.4. The minimum atomic E-state index is -0.118. The van der Waals surface area contributed by atoms with Crippen LogP contribution in [0.2, 0.25) is 0 Å². The molecule has 1 heterocycles. The second-order valence-corrected chi connectivity index (χ2v) is 5.97. The van der Waals surface area contributed by atoms with Gasteiger partial charge in [-0.25, -0.2) is 0 Å². The second kappa shape index (κ2) is 6.04. The molecule has 1 unspecified atom stereocenters. The summed E-state index contributed by atoms with van der Waals surface area (Å²) in [5.41, 5.74) is 1.13. The molecular weight excluding hydrogens is 262 g/mol. The number of ether oxygens (including phenoxy) is 1. The molecule has 1 aliphatic rings. The molecule has 0 aliphatic carbocycles. The third-order valence-electron chi connectivity index (χ3n) is 4.54. The molecule has 112 valence electrons. The molecule has 0 aromatic heterocycles. The Morgan fingerprint density at radius 1 is 1.19 bits per heavy atom. The molecule has 1 fully saturated rings. The van der Waals surface area contributed by atoms with Crippen LogP contribution < -0.4 is 4.90 Å². The molecule has 3 nitrogen and oxygen atoms in total. The van der Waals surface area contributed by atoms with Gasteiger partial charge in [0.15, 0.2) is 0 Å². The molecule has 1 atom stereocenters. The largest absolute Gasteiger partial charge is 0.396 e. The number of nitrogens with zero attached hydrogens (tertiary/aromatic N) is 1. The van der Waals surface area contributed by atoms with Crippen LogP contribution in [0, 0.1) is 5.41 Å². The minimum absolute atomic E-state index is 0.118. The van der Waals surface area contributed by atoms with Gasteiger partial charge in [0.2, 0.25) is 0 Å². The highest BCUT2D eigenvalue weighted by atomic mass is 16.5. The lowest BCUT2D eigenvalue weighted by Crippen LogP contribution is -2.41. The molecule has 0 spiro atoms. The number of hydrogen-bond acceptors (Lipinski definition) is 3. The molecule has 2 aromatic rings. The van der Waals surface area contributed by atoms with E-state index in [2.05, 4.69) is 54.3 Å². The van der Waals surface area contributed by atoms with Gasteiger partial charge in [0.1, 0.15) is 0 Å². The fourth-order valence-electron chi connectivity index (χ4n) is 3.21. The van der Waals surface area contributed by atoms with E-state index in [0.29, 0.717) is 6.61 Å². The van der Waals surface area contributed by atoms with Crippen molar-refractivity contribution in [2.24, 2.45) is 5.41 Å². The Kier molecular flexibility index (Phi) is 4.13. The normalized spacial score (nSPS) is 21.8. The zero-order valence-electron chi connectivity index (χ0n) is 12.6. The average Bonchev–Trinajstić information content (AvgIpc) is 3.01. The van der Waals surface area contributed by atoms with Crippen LogP contribution in [0.15, 0.2) is 42.5 Å². The summed E-state index contributed by atoms with van der Waals surface area (Å²) in [5, 5.41) is 12.3. The first-order chi connectivity index (χ1) is 10.3. The van der Waals surface area contributed by atoms with E-state index >= 15 is 0 Å². The van der Waals surface area contributed by atoms with Crippen LogP contribution in [0.25, 0.3) is 10.8 Å². The summed E-state index contributed by atoms with van der Waals surface area (Å²) in [5.74, 6) is 0. The molecule has 1 N–H and O–H groups in total. The van der Waals surface area contributed by atoms with Gasteiger partial charge in [0.25, 0.3) is 0 Å². The van der Waals surface area contributed by atoms with E-state index in [0.717, 1.165) is 26.1 Å². The predicted molar refractivity (Wildman–Crippen MR) is 86.8 cm³/mol. The summed E-state index contributed by atoms with van der Waals surface area (Å²) < 4.78 is 5.53. The molecule has 3 rings (SSSR count). The number of fused-ring (bicyclic) bond motifs is 1. The van der Waals surface area contributed by atoms with Crippen molar-refractivity contribution in [1.29, 1.82) is 0 Å². The first-order valence-electron chi connectivity index (χ1n) is 7.69. The lowest BCUT2D eigenvalue weighted by Gasteiger charge is -2.34. The highest BCUT2D eigenvalue weighted by Crippen LogP contribution is 2.33. The molecule has 0 bridgehead atoms. The predicted octanol–water partition coefficient (Wildman–Crippen LogP) is 3.07. The molecule has 0 radical (unpaired) electrons. The number of aliphatic hydroxyl groups excluding tert-OH is 1. The summed E-state index contributed by atoms with van der Waals surface area (Å²) in [6.45, 7) is 5.54. The molecule has 1 aliphatic heterocycles. The minimum Gasteiger partial charge on any atom is -0.396 e. The van der Waals surface area contributed by atoms with Crippen LogP contribution in [0.4, 0.5) is 5.69 Å². The molecule has 2 aromatic carbocycles. The van der Waals surface area contributed by atoms with Crippen LogP contribution in [0.5, 0.6) is 0 Å². The highest BCUT2D eigenvalue weighted by Gasteiger charge is 2.36. The van der Waals surface area contributed by atoms with E-state index in [9.17, 15) is 5.11 Å². The summed E-state index contributed by atoms with van der Waals surface area (Å²) in [4.78, 5) is 2.37. The third kappa shape index (κ3) is 2.76. The number of rotatable bonds is 5. The number of aliphatic hydroxyl groups is 1. The standard InChI is InChI=1S/C18H23NO2/c1-2-19(12-18(13-20)10-11-21-14-18)17-9-5-7-15-6-3-4-8-16(15)17/h3-9,20H,2,10-14H2,1H3. The summed E-state index contributed by atoms with van der Waals surface area (Å²) in [7, 11) is 0. The van der Waals surface area contributed by atoms with Gasteiger partial charge in [0.05, 0.1) is 13.2 Å². The van der Waals surface area contributed by atoms with Crippen molar-refractivity contribution in [1.82, 2.24) is 0 Å². The Labute approximate surface area is 126 Å². The smallest absolute Gasteiger partial charge is 0.0562 e. The van der Waals surface area contributed by atoms with Gasteiger partial charge >= 0.3 is 0 Å². The number of anilines is 1. The van der Waals surface area contributed by atoms with E-state index in [1.165, 1.54) is 16.5 Å². The average molecular weight is 285 g/mol. The van der Waals surface area contributed by atoms with Gasteiger partial charge < -0.3 is 14.7 Å². The van der Waals surface area contributed by atoms with Crippen LogP contribution in [0.1, 0.15) is 13.3 Å². The van der Waals surface area contributed by atoms with Crippen molar-refractivity contribution in [3.63, 3.8) is 0 Å². The van der Waals surface area contributed by atoms with Crippen LogP contribution >= 0.6 is 0 Å². The van der Waals surface area contributed by atoms with Crippen molar-refractivity contribution in [2.75, 3.05) is 37.8 Å². The third-order valence-corrected chi connectivity index (χ3v) is 4.54. The van der Waals surface area contributed by atoms with E-state index in [1.54, 1.807) is 0 Å². The Morgan fingerprint density at radius 2 is 2.00 bits per heavy atom. The fourth-order valence-corrected chi connectivity index (χ4v) is 3.21. The molecule has 21 heavy (non-hydrogen) atoms. The topological polar surface area (TPSA) is 32.7 Å². The molecule has 1 saturated heterocycles. The fraction of sp³-hybridized carbons (Fsp3) is 0.444. The number of hydrogen-bond donors (Lipinski definition) is 1. The number of benzene rings is 2. The summed E-state index contributed by atoms with van der Waals surface area (Å²) in [6.07, 6.45) is 0.935.